The van der Waals surface area contributed by atoms with Crippen LogP contribution in [0.3, 0.4) is 0 Å². The van der Waals surface area contributed by atoms with Gasteiger partial charge in [-0.3, -0.25) is 0 Å². The van der Waals surface area contributed by atoms with E-state index in [1.165, 1.54) is 0 Å². The van der Waals surface area contributed by atoms with E-state index in [1.807, 2.05) is 6.92 Å². The predicted molar refractivity (Wildman–Crippen MR) is 53.0 cm³/mol. The van der Waals surface area contributed by atoms with Gasteiger partial charge in [0.1, 0.15) is 12.1 Å². The summed E-state index contributed by atoms with van der Waals surface area (Å²) < 4.78 is 10.1. The van der Waals surface area contributed by atoms with E-state index in [1.54, 1.807) is 7.11 Å². The molecule has 0 aliphatic carbocycles. The van der Waals surface area contributed by atoms with Crippen LogP contribution in [0.4, 0.5) is 0 Å². The smallest absolute Gasteiger partial charge is 0.246 e. The Morgan fingerprint density at radius 2 is 2.33 bits per heavy atom. The van der Waals surface area contributed by atoms with Gasteiger partial charge in [0.15, 0.2) is 0 Å². The molecule has 0 radical (unpaired) electrons. The molecule has 0 saturated heterocycles. The molecular weight excluding hydrogens is 198 g/mol. The molecule has 1 aromatic rings. The summed E-state index contributed by atoms with van der Waals surface area (Å²) in [5.74, 6) is 0.726. The Labute approximate surface area is 88.4 Å². The first kappa shape index (κ1) is 12.1. The molecular formula is C9H17N3O3. The van der Waals surface area contributed by atoms with Gasteiger partial charge < -0.3 is 20.1 Å². The van der Waals surface area contributed by atoms with Crippen LogP contribution >= 0.6 is 0 Å². The van der Waals surface area contributed by atoms with Gasteiger partial charge in [0.05, 0.1) is 6.61 Å². The Hall–Kier alpha value is -0.980. The average molecular weight is 215 g/mol. The largest absolute Gasteiger partial charge is 0.394 e. The van der Waals surface area contributed by atoms with Crippen LogP contribution in [0.15, 0.2) is 4.52 Å². The number of rotatable bonds is 6. The topological polar surface area (TPSA) is 94.4 Å². The van der Waals surface area contributed by atoms with E-state index in [4.69, 9.17) is 20.1 Å². The van der Waals surface area contributed by atoms with E-state index in [9.17, 15) is 0 Å². The van der Waals surface area contributed by atoms with Crippen LogP contribution < -0.4 is 5.73 Å². The molecule has 0 aliphatic rings. The highest BCUT2D eigenvalue weighted by molar-refractivity contribution is 4.94. The van der Waals surface area contributed by atoms with Crippen molar-refractivity contribution >= 4 is 0 Å². The van der Waals surface area contributed by atoms with Crippen LogP contribution in [-0.2, 0) is 4.74 Å². The van der Waals surface area contributed by atoms with Crippen LogP contribution in [-0.4, -0.2) is 29.0 Å². The van der Waals surface area contributed by atoms with E-state index in [2.05, 4.69) is 10.1 Å². The fraction of sp³-hybridized carbons (Fsp3) is 0.778. The summed E-state index contributed by atoms with van der Waals surface area (Å²) >= 11 is 0. The molecule has 0 aliphatic heterocycles. The van der Waals surface area contributed by atoms with E-state index in [-0.39, 0.29) is 18.6 Å². The second kappa shape index (κ2) is 5.79. The summed E-state index contributed by atoms with van der Waals surface area (Å²) in [6.07, 6.45) is 1.62. The van der Waals surface area contributed by atoms with Gasteiger partial charge in [0.2, 0.25) is 11.7 Å². The second-order valence-corrected chi connectivity index (χ2v) is 3.29. The van der Waals surface area contributed by atoms with Crippen LogP contribution in [0, 0.1) is 0 Å². The Morgan fingerprint density at radius 3 is 2.87 bits per heavy atom. The van der Waals surface area contributed by atoms with Crippen LogP contribution in [0.25, 0.3) is 0 Å². The van der Waals surface area contributed by atoms with Crippen molar-refractivity contribution in [2.75, 3.05) is 13.7 Å². The zero-order chi connectivity index (χ0) is 11.3. The van der Waals surface area contributed by atoms with Crippen LogP contribution in [0.1, 0.15) is 43.6 Å². The lowest BCUT2D eigenvalue weighted by Gasteiger charge is -2.08. The maximum Gasteiger partial charge on any atom is 0.246 e. The van der Waals surface area contributed by atoms with Gasteiger partial charge in [-0.1, -0.05) is 18.5 Å². The first-order valence-electron chi connectivity index (χ1n) is 4.95. The number of ether oxygens (including phenoxy) is 1. The fourth-order valence-corrected chi connectivity index (χ4v) is 1.22. The van der Waals surface area contributed by atoms with Crippen molar-refractivity contribution in [3.63, 3.8) is 0 Å². The minimum absolute atomic E-state index is 0.168. The molecule has 1 aromatic heterocycles. The Morgan fingerprint density at radius 1 is 1.60 bits per heavy atom. The number of nitrogens with zero attached hydrogens (tertiary/aromatic N) is 2. The number of methoxy groups -OCH3 is 1. The van der Waals surface area contributed by atoms with Gasteiger partial charge in [0.25, 0.3) is 0 Å². The quantitative estimate of drug-likeness (QED) is 0.719. The van der Waals surface area contributed by atoms with Gasteiger partial charge in [-0.15, -0.1) is 0 Å². The van der Waals surface area contributed by atoms with E-state index in [0.717, 1.165) is 12.8 Å². The van der Waals surface area contributed by atoms with Crippen LogP contribution in [0.5, 0.6) is 0 Å². The highest BCUT2D eigenvalue weighted by Gasteiger charge is 2.19. The number of aromatic nitrogens is 2. The summed E-state index contributed by atoms with van der Waals surface area (Å²) in [4.78, 5) is 4.08. The minimum atomic E-state index is -0.620. The molecule has 0 bridgehead atoms. The highest BCUT2D eigenvalue weighted by Crippen LogP contribution is 2.20. The summed E-state index contributed by atoms with van der Waals surface area (Å²) in [6, 6.07) is -0.620. The zero-order valence-corrected chi connectivity index (χ0v) is 9.01. The number of aliphatic hydroxyl groups is 1. The van der Waals surface area contributed by atoms with Crippen molar-refractivity contribution in [3.05, 3.63) is 11.7 Å². The molecule has 6 nitrogen and oxygen atoms in total. The number of hydrogen-bond acceptors (Lipinski definition) is 6. The van der Waals surface area contributed by atoms with E-state index < -0.39 is 6.04 Å². The minimum Gasteiger partial charge on any atom is -0.394 e. The molecule has 1 rings (SSSR count). The third-order valence-electron chi connectivity index (χ3n) is 2.09. The normalized spacial score (nSPS) is 15.2. The lowest BCUT2D eigenvalue weighted by molar-refractivity contribution is 0.0854. The lowest BCUT2D eigenvalue weighted by Crippen LogP contribution is -2.15. The van der Waals surface area contributed by atoms with Gasteiger partial charge >= 0.3 is 0 Å². The number of aliphatic hydroxyl groups excluding tert-OH is 1. The molecule has 1 heterocycles. The average Bonchev–Trinajstić information content (AvgIpc) is 2.73. The van der Waals surface area contributed by atoms with Crippen molar-refractivity contribution in [1.29, 1.82) is 0 Å². The lowest BCUT2D eigenvalue weighted by atomic mass is 10.2. The SMILES string of the molecule is CCCC(OC)c1noc([C@H](N)CO)n1. The van der Waals surface area contributed by atoms with Crippen molar-refractivity contribution in [3.8, 4) is 0 Å². The third kappa shape index (κ3) is 2.98. The number of nitrogens with two attached hydrogens (primary N) is 1. The maximum atomic E-state index is 8.81. The molecule has 3 N–H and O–H groups in total. The van der Waals surface area contributed by atoms with E-state index >= 15 is 0 Å². The van der Waals surface area contributed by atoms with Crippen molar-refractivity contribution in [2.24, 2.45) is 5.73 Å². The summed E-state index contributed by atoms with van der Waals surface area (Å²) in [6.45, 7) is 1.83. The zero-order valence-electron chi connectivity index (χ0n) is 9.01. The molecule has 0 saturated carbocycles. The first-order chi connectivity index (χ1) is 7.22. The summed E-state index contributed by atoms with van der Waals surface area (Å²) in [7, 11) is 1.60. The third-order valence-corrected chi connectivity index (χ3v) is 2.09. The Kier molecular flexibility index (Phi) is 4.67. The molecule has 0 fully saturated rings. The maximum absolute atomic E-state index is 8.81. The second-order valence-electron chi connectivity index (χ2n) is 3.29. The Bertz CT molecular complexity index is 290. The molecule has 86 valence electrons. The molecule has 0 spiro atoms. The molecule has 6 heteroatoms. The van der Waals surface area contributed by atoms with E-state index in [0.29, 0.717) is 5.82 Å². The predicted octanol–water partition coefficient (Wildman–Crippen LogP) is 0.549. The summed E-state index contributed by atoms with van der Waals surface area (Å²) in [5, 5.41) is 12.6. The first-order valence-corrected chi connectivity index (χ1v) is 4.95. The fourth-order valence-electron chi connectivity index (χ4n) is 1.22. The molecule has 2 atom stereocenters. The van der Waals surface area contributed by atoms with Crippen molar-refractivity contribution < 1.29 is 14.4 Å². The van der Waals surface area contributed by atoms with Gasteiger partial charge in [-0.25, -0.2) is 0 Å². The Balaban J connectivity index is 2.72. The van der Waals surface area contributed by atoms with Gasteiger partial charge in [0, 0.05) is 7.11 Å². The van der Waals surface area contributed by atoms with Crippen LogP contribution in [0.2, 0.25) is 0 Å². The standard InChI is InChI=1S/C9H17N3O3/c1-3-4-7(14-2)8-11-9(15-12-8)6(10)5-13/h6-7,13H,3-5,10H2,1-2H3/t6-,7?/m1/s1. The monoisotopic (exact) mass is 215 g/mol. The molecule has 15 heavy (non-hydrogen) atoms. The van der Waals surface area contributed by atoms with Gasteiger partial charge in [-0.2, -0.15) is 4.98 Å². The highest BCUT2D eigenvalue weighted by atomic mass is 16.5. The van der Waals surface area contributed by atoms with Crippen molar-refractivity contribution in [1.82, 2.24) is 10.1 Å². The number of hydrogen-bond donors (Lipinski definition) is 2. The van der Waals surface area contributed by atoms with Crippen molar-refractivity contribution in [2.45, 2.75) is 31.9 Å². The molecule has 1 unspecified atom stereocenters. The van der Waals surface area contributed by atoms with Gasteiger partial charge in [-0.05, 0) is 6.42 Å². The molecule has 0 aromatic carbocycles. The molecule has 0 amide bonds. The summed E-state index contributed by atoms with van der Waals surface area (Å²) in [5.41, 5.74) is 5.54.